The van der Waals surface area contributed by atoms with Crippen molar-refractivity contribution in [3.8, 4) is 0 Å². The molecule has 0 aromatic heterocycles. The van der Waals surface area contributed by atoms with Crippen LogP contribution in [0.3, 0.4) is 0 Å². The summed E-state index contributed by atoms with van der Waals surface area (Å²) in [4.78, 5) is 18.9. The third-order valence-electron chi connectivity index (χ3n) is 3.43. The van der Waals surface area contributed by atoms with Crippen LogP contribution in [0.15, 0.2) is 4.99 Å². The first kappa shape index (κ1) is 27.4. The minimum atomic E-state index is -0.510. The van der Waals surface area contributed by atoms with E-state index in [0.717, 1.165) is 38.7 Å². The number of guanidine groups is 1. The van der Waals surface area contributed by atoms with Gasteiger partial charge in [0.25, 0.3) is 0 Å². The van der Waals surface area contributed by atoms with Gasteiger partial charge in [-0.15, -0.1) is 24.0 Å². The lowest BCUT2D eigenvalue weighted by atomic mass is 10.1. The Balaban J connectivity index is 0. The molecule has 0 aliphatic carbocycles. The smallest absolute Gasteiger partial charge is 0.408 e. The number of aliphatic imine (C=N–C) groups is 1. The SMILES string of the molecule is CCNC(=NCC(C)(C)NC(=O)OC(C)(C)C)NCCN(CC)CC.I. The average Bonchev–Trinajstić information content (AvgIpc) is 2.46. The van der Waals surface area contributed by atoms with Crippen LogP contribution in [0.25, 0.3) is 0 Å². The van der Waals surface area contributed by atoms with Crippen molar-refractivity contribution >= 4 is 36.0 Å². The van der Waals surface area contributed by atoms with Gasteiger partial charge in [-0.25, -0.2) is 4.79 Å². The second-order valence-corrected chi connectivity index (χ2v) is 7.66. The Kier molecular flexibility index (Phi) is 14.2. The number of likely N-dealkylation sites (N-methyl/N-ethyl adjacent to an activating group) is 1. The monoisotopic (exact) mass is 485 g/mol. The molecule has 0 bridgehead atoms. The number of ether oxygens (including phenoxy) is 1. The summed E-state index contributed by atoms with van der Waals surface area (Å²) in [6.07, 6.45) is -0.424. The van der Waals surface area contributed by atoms with Crippen molar-refractivity contribution in [2.24, 2.45) is 4.99 Å². The fraction of sp³-hybridized carbons (Fsp3) is 0.889. The molecular formula is C18H40IN5O2. The summed E-state index contributed by atoms with van der Waals surface area (Å²) in [6.45, 7) is 20.9. The fourth-order valence-electron chi connectivity index (χ4n) is 2.11. The van der Waals surface area contributed by atoms with Crippen LogP contribution in [-0.2, 0) is 4.74 Å². The van der Waals surface area contributed by atoms with Crippen LogP contribution >= 0.6 is 24.0 Å². The molecule has 0 atom stereocenters. The van der Waals surface area contributed by atoms with Crippen molar-refractivity contribution in [2.75, 3.05) is 39.3 Å². The summed E-state index contributed by atoms with van der Waals surface area (Å²) >= 11 is 0. The van der Waals surface area contributed by atoms with Crippen molar-refractivity contribution in [1.82, 2.24) is 20.9 Å². The van der Waals surface area contributed by atoms with Gasteiger partial charge in [-0.05, 0) is 54.6 Å². The number of nitrogens with one attached hydrogen (secondary N) is 3. The lowest BCUT2D eigenvalue weighted by molar-refractivity contribution is 0.0476. The topological polar surface area (TPSA) is 78.0 Å². The van der Waals surface area contributed by atoms with E-state index in [2.05, 4.69) is 39.7 Å². The molecule has 0 heterocycles. The van der Waals surface area contributed by atoms with E-state index in [-0.39, 0.29) is 24.0 Å². The zero-order valence-electron chi connectivity index (χ0n) is 17.9. The first-order valence-electron chi connectivity index (χ1n) is 9.28. The maximum Gasteiger partial charge on any atom is 0.408 e. The highest BCUT2D eigenvalue weighted by atomic mass is 127. The van der Waals surface area contributed by atoms with Gasteiger partial charge in [0.15, 0.2) is 5.96 Å². The number of hydrogen-bond acceptors (Lipinski definition) is 4. The number of halogens is 1. The number of rotatable bonds is 9. The molecule has 26 heavy (non-hydrogen) atoms. The Morgan fingerprint density at radius 1 is 1.04 bits per heavy atom. The summed E-state index contributed by atoms with van der Waals surface area (Å²) in [5, 5.41) is 9.44. The molecule has 0 saturated heterocycles. The van der Waals surface area contributed by atoms with E-state index in [4.69, 9.17) is 4.74 Å². The molecule has 1 amide bonds. The number of alkyl carbamates (subject to hydrolysis) is 1. The lowest BCUT2D eigenvalue weighted by Crippen LogP contribution is -2.49. The number of nitrogens with zero attached hydrogens (tertiary/aromatic N) is 2. The summed E-state index contributed by atoms with van der Waals surface area (Å²) in [5.41, 5.74) is -1.01. The van der Waals surface area contributed by atoms with Crippen molar-refractivity contribution in [1.29, 1.82) is 0 Å². The second-order valence-electron chi connectivity index (χ2n) is 7.66. The van der Waals surface area contributed by atoms with E-state index >= 15 is 0 Å². The van der Waals surface area contributed by atoms with Crippen molar-refractivity contribution in [2.45, 2.75) is 66.5 Å². The number of carbonyl (C=O) groups excluding carboxylic acids is 1. The minimum absolute atomic E-state index is 0. The van der Waals surface area contributed by atoms with Crippen LogP contribution in [0.4, 0.5) is 4.79 Å². The van der Waals surface area contributed by atoms with E-state index in [9.17, 15) is 4.79 Å². The normalized spacial score (nSPS) is 12.4. The van der Waals surface area contributed by atoms with Gasteiger partial charge in [0.1, 0.15) is 5.60 Å². The molecule has 0 aliphatic rings. The van der Waals surface area contributed by atoms with Gasteiger partial charge < -0.3 is 25.6 Å². The highest BCUT2D eigenvalue weighted by Gasteiger charge is 2.24. The molecule has 0 fully saturated rings. The molecule has 7 nitrogen and oxygen atoms in total. The van der Waals surface area contributed by atoms with Gasteiger partial charge in [-0.3, -0.25) is 4.99 Å². The molecule has 0 unspecified atom stereocenters. The molecule has 0 saturated carbocycles. The molecule has 0 aromatic carbocycles. The Morgan fingerprint density at radius 2 is 1.62 bits per heavy atom. The van der Waals surface area contributed by atoms with Gasteiger partial charge in [-0.2, -0.15) is 0 Å². The summed E-state index contributed by atoms with van der Waals surface area (Å²) in [5.74, 6) is 0.758. The third-order valence-corrected chi connectivity index (χ3v) is 3.43. The molecule has 0 aromatic rings. The summed E-state index contributed by atoms with van der Waals surface area (Å²) in [7, 11) is 0. The van der Waals surface area contributed by atoms with E-state index in [0.29, 0.717) is 6.54 Å². The molecule has 8 heteroatoms. The molecule has 3 N–H and O–H groups in total. The zero-order chi connectivity index (χ0) is 19.5. The maximum atomic E-state index is 11.9. The standard InChI is InChI=1S/C18H39N5O2.HI/c1-9-19-15(20-12-13-23(10-2)11-3)21-14-18(7,8)22-16(24)25-17(4,5)6;/h9-14H2,1-8H3,(H,22,24)(H2,19,20,21);1H. The second kappa shape index (κ2) is 13.4. The molecular weight excluding hydrogens is 445 g/mol. The Morgan fingerprint density at radius 3 is 2.08 bits per heavy atom. The highest BCUT2D eigenvalue weighted by molar-refractivity contribution is 14.0. The van der Waals surface area contributed by atoms with E-state index in [1.807, 2.05) is 41.5 Å². The van der Waals surface area contributed by atoms with E-state index in [1.165, 1.54) is 0 Å². The van der Waals surface area contributed by atoms with Crippen molar-refractivity contribution in [3.63, 3.8) is 0 Å². The molecule has 0 rings (SSSR count). The van der Waals surface area contributed by atoms with Crippen LogP contribution in [0, 0.1) is 0 Å². The van der Waals surface area contributed by atoms with Gasteiger partial charge in [-0.1, -0.05) is 13.8 Å². The fourth-order valence-corrected chi connectivity index (χ4v) is 2.11. The van der Waals surface area contributed by atoms with Crippen LogP contribution in [0.5, 0.6) is 0 Å². The van der Waals surface area contributed by atoms with Gasteiger partial charge in [0, 0.05) is 19.6 Å². The largest absolute Gasteiger partial charge is 0.444 e. The number of amides is 1. The average molecular weight is 485 g/mol. The highest BCUT2D eigenvalue weighted by Crippen LogP contribution is 2.09. The third kappa shape index (κ3) is 14.4. The summed E-state index contributed by atoms with van der Waals surface area (Å²) in [6, 6.07) is 0. The zero-order valence-corrected chi connectivity index (χ0v) is 20.2. The predicted molar refractivity (Wildman–Crippen MR) is 121 cm³/mol. The maximum absolute atomic E-state index is 11.9. The van der Waals surface area contributed by atoms with Crippen LogP contribution < -0.4 is 16.0 Å². The van der Waals surface area contributed by atoms with Crippen LogP contribution in [-0.4, -0.2) is 67.4 Å². The van der Waals surface area contributed by atoms with E-state index < -0.39 is 17.2 Å². The first-order chi connectivity index (χ1) is 11.5. The molecule has 0 spiro atoms. The summed E-state index contributed by atoms with van der Waals surface area (Å²) < 4.78 is 5.31. The molecule has 0 radical (unpaired) electrons. The Hall–Kier alpha value is -0.770. The van der Waals surface area contributed by atoms with Gasteiger partial charge in [0.05, 0.1) is 12.1 Å². The van der Waals surface area contributed by atoms with Crippen LogP contribution in [0.2, 0.25) is 0 Å². The van der Waals surface area contributed by atoms with Crippen molar-refractivity contribution in [3.05, 3.63) is 0 Å². The number of carbonyl (C=O) groups is 1. The minimum Gasteiger partial charge on any atom is -0.444 e. The van der Waals surface area contributed by atoms with Gasteiger partial charge in [0.2, 0.25) is 0 Å². The quantitative estimate of drug-likeness (QED) is 0.266. The predicted octanol–water partition coefficient (Wildman–Crippen LogP) is 2.80. The number of hydrogen-bond donors (Lipinski definition) is 3. The molecule has 156 valence electrons. The van der Waals surface area contributed by atoms with Gasteiger partial charge >= 0.3 is 6.09 Å². The Labute approximate surface area is 177 Å². The first-order valence-corrected chi connectivity index (χ1v) is 9.28. The Bertz CT molecular complexity index is 418. The lowest BCUT2D eigenvalue weighted by Gasteiger charge is -2.27. The van der Waals surface area contributed by atoms with Crippen molar-refractivity contribution < 1.29 is 9.53 Å². The van der Waals surface area contributed by atoms with Crippen LogP contribution in [0.1, 0.15) is 55.4 Å². The molecule has 0 aliphatic heterocycles. The van der Waals surface area contributed by atoms with E-state index in [1.54, 1.807) is 0 Å².